The predicted octanol–water partition coefficient (Wildman–Crippen LogP) is 5.76. The highest BCUT2D eigenvalue weighted by Crippen LogP contribution is 2.40. The summed E-state index contributed by atoms with van der Waals surface area (Å²) >= 11 is 6.16. The summed E-state index contributed by atoms with van der Waals surface area (Å²) in [5, 5.41) is 4.04. The van der Waals surface area contributed by atoms with Gasteiger partial charge >= 0.3 is 0 Å². The molecular formula is C23H31ClN2O2S. The summed E-state index contributed by atoms with van der Waals surface area (Å²) < 4.78 is 27.8. The van der Waals surface area contributed by atoms with E-state index in [4.69, 9.17) is 11.6 Å². The highest BCUT2D eigenvalue weighted by molar-refractivity contribution is 7.92. The van der Waals surface area contributed by atoms with Gasteiger partial charge in [-0.1, -0.05) is 75.4 Å². The van der Waals surface area contributed by atoms with Crippen molar-refractivity contribution in [3.05, 3.63) is 58.6 Å². The summed E-state index contributed by atoms with van der Waals surface area (Å²) in [5.74, 6) is 0.762. The minimum Gasteiger partial charge on any atom is -0.306 e. The average Bonchev–Trinajstić information content (AvgIpc) is 2.75. The Morgan fingerprint density at radius 3 is 2.52 bits per heavy atom. The minimum absolute atomic E-state index is 0.186. The van der Waals surface area contributed by atoms with Crippen molar-refractivity contribution in [1.29, 1.82) is 0 Å². The summed E-state index contributed by atoms with van der Waals surface area (Å²) in [6, 6.07) is 12.7. The lowest BCUT2D eigenvalue weighted by Crippen LogP contribution is -2.26. The SMILES string of the molecule is CC(C)CCCCCCN[C@H]1c2ccccc2N(C)S(=O)(=O)c2cc(Cl)ccc21. The Morgan fingerprint density at radius 2 is 1.76 bits per heavy atom. The van der Waals surface area contributed by atoms with Crippen LogP contribution >= 0.6 is 11.6 Å². The van der Waals surface area contributed by atoms with Crippen LogP contribution < -0.4 is 9.62 Å². The molecule has 1 N–H and O–H groups in total. The molecule has 0 aromatic heterocycles. The summed E-state index contributed by atoms with van der Waals surface area (Å²) in [7, 11) is -2.06. The van der Waals surface area contributed by atoms with Crippen molar-refractivity contribution < 1.29 is 8.42 Å². The highest BCUT2D eigenvalue weighted by atomic mass is 35.5. The second-order valence-electron chi connectivity index (χ2n) is 8.20. The summed E-state index contributed by atoms with van der Waals surface area (Å²) in [5.41, 5.74) is 2.43. The summed E-state index contributed by atoms with van der Waals surface area (Å²) in [6.45, 7) is 5.37. The molecule has 0 bridgehead atoms. The molecule has 0 saturated carbocycles. The molecule has 0 radical (unpaired) electrons. The van der Waals surface area contributed by atoms with E-state index in [0.29, 0.717) is 10.7 Å². The number of hydrogen-bond donors (Lipinski definition) is 1. The van der Waals surface area contributed by atoms with Crippen molar-refractivity contribution >= 4 is 27.3 Å². The van der Waals surface area contributed by atoms with Crippen LogP contribution in [0.1, 0.15) is 63.1 Å². The maximum atomic E-state index is 13.2. The van der Waals surface area contributed by atoms with Gasteiger partial charge in [-0.2, -0.15) is 0 Å². The third kappa shape index (κ3) is 4.96. The number of anilines is 1. The van der Waals surface area contributed by atoms with Crippen LogP contribution in [0, 0.1) is 5.92 Å². The van der Waals surface area contributed by atoms with Gasteiger partial charge in [0, 0.05) is 12.1 Å². The third-order valence-corrected chi connectivity index (χ3v) is 7.63. The van der Waals surface area contributed by atoms with Gasteiger partial charge in [-0.05, 0) is 48.2 Å². The Kier molecular flexibility index (Phi) is 7.25. The van der Waals surface area contributed by atoms with Crippen molar-refractivity contribution in [1.82, 2.24) is 5.32 Å². The molecule has 6 heteroatoms. The van der Waals surface area contributed by atoms with Crippen LogP contribution in [0.5, 0.6) is 0 Å². The molecule has 0 aliphatic carbocycles. The molecule has 0 amide bonds. The molecule has 2 aromatic carbocycles. The van der Waals surface area contributed by atoms with E-state index < -0.39 is 10.0 Å². The molecule has 4 nitrogen and oxygen atoms in total. The number of unbranched alkanes of at least 4 members (excludes halogenated alkanes) is 3. The fraction of sp³-hybridized carbons (Fsp3) is 0.478. The van der Waals surface area contributed by atoms with E-state index in [2.05, 4.69) is 19.2 Å². The van der Waals surface area contributed by atoms with E-state index in [0.717, 1.165) is 30.0 Å². The molecule has 3 rings (SSSR count). The lowest BCUT2D eigenvalue weighted by atomic mass is 9.96. The molecule has 0 spiro atoms. The molecule has 1 aliphatic heterocycles. The van der Waals surface area contributed by atoms with Gasteiger partial charge < -0.3 is 5.32 Å². The van der Waals surface area contributed by atoms with Crippen LogP contribution in [0.4, 0.5) is 5.69 Å². The van der Waals surface area contributed by atoms with Gasteiger partial charge in [0.15, 0.2) is 0 Å². The third-order valence-electron chi connectivity index (χ3n) is 5.57. The number of para-hydroxylation sites is 1. The molecule has 1 aliphatic rings. The molecule has 2 aromatic rings. The van der Waals surface area contributed by atoms with Gasteiger partial charge in [-0.3, -0.25) is 4.31 Å². The smallest absolute Gasteiger partial charge is 0.264 e. The molecule has 0 unspecified atom stereocenters. The topological polar surface area (TPSA) is 49.4 Å². The first kappa shape index (κ1) is 22.1. The maximum Gasteiger partial charge on any atom is 0.264 e. The first-order valence-corrected chi connectivity index (χ1v) is 12.2. The van der Waals surface area contributed by atoms with Crippen LogP contribution in [0.3, 0.4) is 0 Å². The number of nitrogens with one attached hydrogen (secondary N) is 1. The summed E-state index contributed by atoms with van der Waals surface area (Å²) in [6.07, 6.45) is 6.04. The van der Waals surface area contributed by atoms with Gasteiger partial charge in [0.2, 0.25) is 0 Å². The molecule has 29 heavy (non-hydrogen) atoms. The van der Waals surface area contributed by atoms with Crippen molar-refractivity contribution in [2.75, 3.05) is 17.9 Å². The van der Waals surface area contributed by atoms with Crippen LogP contribution in [0.25, 0.3) is 0 Å². The molecule has 1 heterocycles. The van der Waals surface area contributed by atoms with Gasteiger partial charge in [0.25, 0.3) is 10.0 Å². The van der Waals surface area contributed by atoms with Crippen LogP contribution in [-0.4, -0.2) is 22.0 Å². The van der Waals surface area contributed by atoms with Gasteiger partial charge in [-0.15, -0.1) is 0 Å². The number of halogens is 1. The Labute approximate surface area is 180 Å². The number of hydrogen-bond acceptors (Lipinski definition) is 3. The Balaban J connectivity index is 1.84. The van der Waals surface area contributed by atoms with Gasteiger partial charge in [0.1, 0.15) is 0 Å². The van der Waals surface area contributed by atoms with E-state index in [-0.39, 0.29) is 10.9 Å². The number of sulfonamides is 1. The van der Waals surface area contributed by atoms with Crippen molar-refractivity contribution in [2.45, 2.75) is 56.9 Å². The van der Waals surface area contributed by atoms with Crippen molar-refractivity contribution in [2.24, 2.45) is 5.92 Å². The quantitative estimate of drug-likeness (QED) is 0.537. The van der Waals surface area contributed by atoms with Gasteiger partial charge in [0.05, 0.1) is 16.6 Å². The zero-order valence-electron chi connectivity index (χ0n) is 17.5. The minimum atomic E-state index is -3.67. The van der Waals surface area contributed by atoms with Gasteiger partial charge in [-0.25, -0.2) is 8.42 Å². The zero-order valence-corrected chi connectivity index (χ0v) is 19.1. The molecular weight excluding hydrogens is 404 g/mol. The monoisotopic (exact) mass is 434 g/mol. The fourth-order valence-electron chi connectivity index (χ4n) is 3.93. The molecule has 0 saturated heterocycles. The average molecular weight is 435 g/mol. The number of nitrogens with zero attached hydrogens (tertiary/aromatic N) is 1. The zero-order chi connectivity index (χ0) is 21.0. The number of fused-ring (bicyclic) bond motifs is 2. The van der Waals surface area contributed by atoms with Crippen molar-refractivity contribution in [3.63, 3.8) is 0 Å². The second kappa shape index (κ2) is 9.50. The summed E-state index contributed by atoms with van der Waals surface area (Å²) in [4.78, 5) is 0.276. The second-order valence-corrected chi connectivity index (χ2v) is 10.6. The predicted molar refractivity (Wildman–Crippen MR) is 121 cm³/mol. The highest BCUT2D eigenvalue weighted by Gasteiger charge is 2.34. The normalized spacial score (nSPS) is 17.7. The molecule has 158 valence electrons. The van der Waals surface area contributed by atoms with Crippen molar-refractivity contribution in [3.8, 4) is 0 Å². The lowest BCUT2D eigenvalue weighted by molar-refractivity contribution is 0.503. The Hall–Kier alpha value is -1.56. The Bertz CT molecular complexity index is 944. The first-order valence-electron chi connectivity index (χ1n) is 10.4. The van der Waals surface area contributed by atoms with E-state index >= 15 is 0 Å². The first-order chi connectivity index (χ1) is 13.8. The van der Waals surface area contributed by atoms with E-state index in [1.807, 2.05) is 30.3 Å². The fourth-order valence-corrected chi connectivity index (χ4v) is 5.65. The van der Waals surface area contributed by atoms with E-state index in [1.54, 1.807) is 19.2 Å². The largest absolute Gasteiger partial charge is 0.306 e. The van der Waals surface area contributed by atoms with E-state index in [9.17, 15) is 8.42 Å². The van der Waals surface area contributed by atoms with Crippen LogP contribution in [0.2, 0.25) is 5.02 Å². The van der Waals surface area contributed by atoms with Crippen LogP contribution in [0.15, 0.2) is 47.4 Å². The number of rotatable bonds is 8. The Morgan fingerprint density at radius 1 is 1.03 bits per heavy atom. The number of benzene rings is 2. The maximum absolute atomic E-state index is 13.2. The molecule has 0 fully saturated rings. The standard InChI is InChI=1S/C23H31ClN2O2S/c1-17(2)10-6-4-5-9-15-25-23-19-11-7-8-12-21(19)26(3)29(27,28)22-16-18(24)13-14-20(22)23/h7-8,11-14,16-17,23,25H,4-6,9-10,15H2,1-3H3/t23-/m0/s1. The van der Waals surface area contributed by atoms with E-state index in [1.165, 1.54) is 30.0 Å². The van der Waals surface area contributed by atoms with Crippen LogP contribution in [-0.2, 0) is 10.0 Å². The molecule has 1 atom stereocenters. The lowest BCUT2D eigenvalue weighted by Gasteiger charge is -2.22.